The van der Waals surface area contributed by atoms with Gasteiger partial charge in [-0.1, -0.05) is 23.8 Å². The lowest BCUT2D eigenvalue weighted by molar-refractivity contribution is -0.122. The van der Waals surface area contributed by atoms with E-state index < -0.39 is 12.0 Å². The highest BCUT2D eigenvalue weighted by Gasteiger charge is 2.16. The van der Waals surface area contributed by atoms with Crippen molar-refractivity contribution in [3.63, 3.8) is 0 Å². The van der Waals surface area contributed by atoms with E-state index in [1.54, 1.807) is 25.1 Å². The fourth-order valence-corrected chi connectivity index (χ4v) is 2.17. The summed E-state index contributed by atoms with van der Waals surface area (Å²) in [5.74, 6) is -0.170. The number of nitrogens with one attached hydrogen (secondary N) is 1. The van der Waals surface area contributed by atoms with Crippen molar-refractivity contribution >= 4 is 17.5 Å². The van der Waals surface area contributed by atoms with Crippen LogP contribution in [0.25, 0.3) is 0 Å². The average Bonchev–Trinajstić information content (AvgIpc) is 2.50. The summed E-state index contributed by atoms with van der Waals surface area (Å²) in [5.41, 5.74) is 8.18. The van der Waals surface area contributed by atoms with Crippen LogP contribution in [0.3, 0.4) is 0 Å². The summed E-state index contributed by atoms with van der Waals surface area (Å²) in [7, 11) is 0. The second-order valence-corrected chi connectivity index (χ2v) is 5.46. The Hall–Kier alpha value is -2.82. The third-order valence-corrected chi connectivity index (χ3v) is 3.42. The highest BCUT2D eigenvalue weighted by molar-refractivity contribution is 5.97. The van der Waals surface area contributed by atoms with E-state index >= 15 is 0 Å². The number of carbonyl (C=O) groups excluding carboxylic acids is 2. The highest BCUT2D eigenvalue weighted by Crippen LogP contribution is 2.20. The van der Waals surface area contributed by atoms with E-state index in [1.807, 2.05) is 32.0 Å². The number of rotatable bonds is 5. The predicted octanol–water partition coefficient (Wildman–Crippen LogP) is 2.81. The van der Waals surface area contributed by atoms with Crippen LogP contribution in [0, 0.1) is 13.8 Å². The van der Waals surface area contributed by atoms with E-state index in [0.717, 1.165) is 11.1 Å². The molecule has 0 saturated heterocycles. The number of benzene rings is 2. The van der Waals surface area contributed by atoms with E-state index in [9.17, 15) is 9.59 Å². The maximum Gasteiger partial charge on any atom is 0.265 e. The Bertz CT molecular complexity index is 741. The van der Waals surface area contributed by atoms with Gasteiger partial charge in [-0.2, -0.15) is 0 Å². The summed E-state index contributed by atoms with van der Waals surface area (Å²) in [6.45, 7) is 5.61. The number of hydrogen-bond acceptors (Lipinski definition) is 3. The molecule has 2 aromatic rings. The number of nitrogens with two attached hydrogens (primary N) is 1. The van der Waals surface area contributed by atoms with Gasteiger partial charge in [0.1, 0.15) is 5.75 Å². The Balaban J connectivity index is 2.05. The molecule has 5 nitrogen and oxygen atoms in total. The number of primary amides is 1. The minimum Gasteiger partial charge on any atom is -0.481 e. The van der Waals surface area contributed by atoms with E-state index in [2.05, 4.69) is 5.32 Å². The molecular weight excluding hydrogens is 292 g/mol. The van der Waals surface area contributed by atoms with Gasteiger partial charge in [0.05, 0.1) is 0 Å². The van der Waals surface area contributed by atoms with Crippen LogP contribution in [-0.4, -0.2) is 17.9 Å². The van der Waals surface area contributed by atoms with Crippen LogP contribution in [0.15, 0.2) is 42.5 Å². The number of hydrogen-bond donors (Lipinski definition) is 2. The Kier molecular flexibility index (Phi) is 5.01. The molecule has 3 N–H and O–H groups in total. The Morgan fingerprint density at radius 2 is 1.87 bits per heavy atom. The van der Waals surface area contributed by atoms with Gasteiger partial charge >= 0.3 is 0 Å². The summed E-state index contributed by atoms with van der Waals surface area (Å²) in [5, 5.41) is 2.72. The second-order valence-electron chi connectivity index (χ2n) is 5.46. The minimum atomic E-state index is -0.673. The summed E-state index contributed by atoms with van der Waals surface area (Å²) in [4.78, 5) is 23.4. The molecule has 23 heavy (non-hydrogen) atoms. The van der Waals surface area contributed by atoms with Crippen molar-refractivity contribution in [1.82, 2.24) is 0 Å². The highest BCUT2D eigenvalue weighted by atomic mass is 16.5. The summed E-state index contributed by atoms with van der Waals surface area (Å²) in [6.07, 6.45) is -0.673. The number of anilines is 1. The molecule has 1 unspecified atom stereocenters. The predicted molar refractivity (Wildman–Crippen MR) is 89.6 cm³/mol. The van der Waals surface area contributed by atoms with Crippen LogP contribution in [0.2, 0.25) is 0 Å². The molecule has 0 saturated carbocycles. The molecule has 0 aliphatic rings. The van der Waals surface area contributed by atoms with Crippen LogP contribution in [-0.2, 0) is 4.79 Å². The van der Waals surface area contributed by atoms with E-state index in [-0.39, 0.29) is 5.91 Å². The first-order valence-electron chi connectivity index (χ1n) is 7.31. The standard InChI is InChI=1S/C18H20N2O3/c1-11-7-8-16(12(2)9-11)23-13(3)18(22)20-15-6-4-5-14(10-15)17(19)21/h4-10,13H,1-3H3,(H2,19,21)(H,20,22). The number of aryl methyl sites for hydroxylation is 2. The lowest BCUT2D eigenvalue weighted by atomic mass is 10.1. The molecule has 2 aromatic carbocycles. The van der Waals surface area contributed by atoms with E-state index in [4.69, 9.17) is 10.5 Å². The monoisotopic (exact) mass is 312 g/mol. The minimum absolute atomic E-state index is 0.299. The third kappa shape index (κ3) is 4.32. The molecule has 0 aromatic heterocycles. The smallest absolute Gasteiger partial charge is 0.265 e. The normalized spacial score (nSPS) is 11.6. The van der Waals surface area contributed by atoms with E-state index in [0.29, 0.717) is 17.0 Å². The maximum atomic E-state index is 12.2. The lowest BCUT2D eigenvalue weighted by Gasteiger charge is -2.16. The van der Waals surface area contributed by atoms with Crippen molar-refractivity contribution in [1.29, 1.82) is 0 Å². The summed E-state index contributed by atoms with van der Waals surface area (Å²) >= 11 is 0. The topological polar surface area (TPSA) is 81.4 Å². The fourth-order valence-electron chi connectivity index (χ4n) is 2.17. The zero-order valence-corrected chi connectivity index (χ0v) is 13.4. The fraction of sp³-hybridized carbons (Fsp3) is 0.222. The van der Waals surface area contributed by atoms with Crippen molar-refractivity contribution in [2.24, 2.45) is 5.73 Å². The first-order chi connectivity index (χ1) is 10.9. The van der Waals surface area contributed by atoms with Gasteiger partial charge in [-0.15, -0.1) is 0 Å². The second kappa shape index (κ2) is 6.96. The zero-order valence-electron chi connectivity index (χ0n) is 13.4. The van der Waals surface area contributed by atoms with E-state index in [1.165, 1.54) is 6.07 Å². The van der Waals surface area contributed by atoms with Crippen molar-refractivity contribution in [2.75, 3.05) is 5.32 Å². The molecule has 1 atom stereocenters. The first kappa shape index (κ1) is 16.5. The van der Waals surface area contributed by atoms with Gasteiger partial charge in [-0.25, -0.2) is 0 Å². The van der Waals surface area contributed by atoms with Crippen LogP contribution in [0.5, 0.6) is 5.75 Å². The quantitative estimate of drug-likeness (QED) is 0.890. The van der Waals surface area contributed by atoms with Gasteiger partial charge in [-0.3, -0.25) is 9.59 Å². The Labute approximate surface area is 135 Å². The summed E-state index contributed by atoms with van der Waals surface area (Å²) < 4.78 is 5.71. The number of ether oxygens (including phenoxy) is 1. The van der Waals surface area contributed by atoms with Gasteiger partial charge in [-0.05, 0) is 50.6 Å². The molecule has 5 heteroatoms. The van der Waals surface area contributed by atoms with Crippen molar-refractivity contribution in [3.8, 4) is 5.75 Å². The average molecular weight is 312 g/mol. The number of amides is 2. The van der Waals surface area contributed by atoms with Crippen molar-refractivity contribution in [2.45, 2.75) is 26.9 Å². The van der Waals surface area contributed by atoms with Crippen LogP contribution in [0.1, 0.15) is 28.4 Å². The maximum absolute atomic E-state index is 12.2. The van der Waals surface area contributed by atoms with Crippen LogP contribution in [0.4, 0.5) is 5.69 Å². The third-order valence-electron chi connectivity index (χ3n) is 3.42. The molecule has 2 rings (SSSR count). The molecule has 0 heterocycles. The van der Waals surface area contributed by atoms with Gasteiger partial charge < -0.3 is 15.8 Å². The Morgan fingerprint density at radius 3 is 2.52 bits per heavy atom. The first-order valence-corrected chi connectivity index (χ1v) is 7.31. The summed E-state index contributed by atoms with van der Waals surface area (Å²) in [6, 6.07) is 12.2. The SMILES string of the molecule is Cc1ccc(OC(C)C(=O)Nc2cccc(C(N)=O)c2)c(C)c1. The van der Waals surface area contributed by atoms with Crippen LogP contribution < -0.4 is 15.8 Å². The molecule has 0 aliphatic carbocycles. The van der Waals surface area contributed by atoms with Crippen LogP contribution >= 0.6 is 0 Å². The molecule has 0 radical (unpaired) electrons. The molecule has 0 spiro atoms. The van der Waals surface area contributed by atoms with Crippen molar-refractivity contribution in [3.05, 3.63) is 59.2 Å². The lowest BCUT2D eigenvalue weighted by Crippen LogP contribution is -2.30. The van der Waals surface area contributed by atoms with Gasteiger partial charge in [0.25, 0.3) is 5.91 Å². The molecule has 2 amide bonds. The molecule has 120 valence electrons. The van der Waals surface area contributed by atoms with Crippen molar-refractivity contribution < 1.29 is 14.3 Å². The van der Waals surface area contributed by atoms with Gasteiger partial charge in [0.15, 0.2) is 6.10 Å². The number of carbonyl (C=O) groups is 2. The van der Waals surface area contributed by atoms with Gasteiger partial charge in [0, 0.05) is 11.3 Å². The molecule has 0 bridgehead atoms. The molecular formula is C18H20N2O3. The van der Waals surface area contributed by atoms with Gasteiger partial charge in [0.2, 0.25) is 5.91 Å². The largest absolute Gasteiger partial charge is 0.481 e. The molecule has 0 fully saturated rings. The Morgan fingerprint density at radius 1 is 1.13 bits per heavy atom. The molecule has 0 aliphatic heterocycles. The zero-order chi connectivity index (χ0) is 17.0.